The van der Waals surface area contributed by atoms with E-state index in [4.69, 9.17) is 0 Å². The Morgan fingerprint density at radius 3 is 2.62 bits per heavy atom. The Balaban J connectivity index is 2.56. The van der Waals surface area contributed by atoms with Crippen molar-refractivity contribution < 1.29 is 9.59 Å². The molecule has 0 bridgehead atoms. The van der Waals surface area contributed by atoms with Gasteiger partial charge >= 0.3 is 0 Å². The van der Waals surface area contributed by atoms with Crippen molar-refractivity contribution in [2.75, 3.05) is 11.9 Å². The third-order valence-corrected chi connectivity index (χ3v) is 2.81. The molecular formula is C11H13BrN2O2. The number of halogens is 1. The Labute approximate surface area is 103 Å². The Kier molecular flexibility index (Phi) is 4.49. The van der Waals surface area contributed by atoms with Crippen molar-refractivity contribution in [1.29, 1.82) is 0 Å². The van der Waals surface area contributed by atoms with Gasteiger partial charge in [-0.25, -0.2) is 0 Å². The highest BCUT2D eigenvalue weighted by Gasteiger charge is 2.03. The lowest BCUT2D eigenvalue weighted by Gasteiger charge is -2.07. The van der Waals surface area contributed by atoms with Gasteiger partial charge in [-0.1, -0.05) is 22.0 Å². The maximum Gasteiger partial charge on any atom is 0.243 e. The van der Waals surface area contributed by atoms with Crippen molar-refractivity contribution in [1.82, 2.24) is 5.32 Å². The molecule has 0 atom stereocenters. The van der Waals surface area contributed by atoms with Gasteiger partial charge in [-0.05, 0) is 24.6 Å². The zero-order chi connectivity index (χ0) is 12.1. The van der Waals surface area contributed by atoms with Crippen LogP contribution in [0.4, 0.5) is 5.69 Å². The molecule has 0 aliphatic rings. The fourth-order valence-electron chi connectivity index (χ4n) is 1.08. The summed E-state index contributed by atoms with van der Waals surface area (Å²) in [5, 5.41) is 5.11. The Morgan fingerprint density at radius 2 is 2.06 bits per heavy atom. The molecule has 0 aliphatic carbocycles. The molecule has 0 aliphatic heterocycles. The van der Waals surface area contributed by atoms with Gasteiger partial charge in [-0.2, -0.15) is 0 Å². The number of aryl methyl sites for hydroxylation is 1. The molecule has 0 fully saturated rings. The number of anilines is 1. The predicted octanol–water partition coefficient (Wildman–Crippen LogP) is 1.83. The van der Waals surface area contributed by atoms with Crippen LogP contribution in [0.2, 0.25) is 0 Å². The van der Waals surface area contributed by atoms with E-state index in [1.165, 1.54) is 6.92 Å². The molecule has 1 aromatic rings. The van der Waals surface area contributed by atoms with E-state index < -0.39 is 0 Å². The maximum absolute atomic E-state index is 11.4. The van der Waals surface area contributed by atoms with E-state index in [2.05, 4.69) is 26.6 Å². The lowest BCUT2D eigenvalue weighted by molar-refractivity contribution is -0.122. The third-order valence-electron chi connectivity index (χ3n) is 1.95. The van der Waals surface area contributed by atoms with Crippen LogP contribution >= 0.6 is 15.9 Å². The first-order valence-electron chi connectivity index (χ1n) is 4.79. The Morgan fingerprint density at radius 1 is 1.38 bits per heavy atom. The summed E-state index contributed by atoms with van der Waals surface area (Å²) in [7, 11) is 0. The van der Waals surface area contributed by atoms with Crippen molar-refractivity contribution in [3.8, 4) is 0 Å². The molecule has 86 valence electrons. The third kappa shape index (κ3) is 4.02. The first-order chi connectivity index (χ1) is 7.49. The molecular weight excluding hydrogens is 272 g/mol. The second-order valence-electron chi connectivity index (χ2n) is 3.42. The Hall–Kier alpha value is -1.36. The van der Waals surface area contributed by atoms with Gasteiger partial charge in [0.1, 0.15) is 0 Å². The zero-order valence-electron chi connectivity index (χ0n) is 9.13. The molecule has 2 amide bonds. The SMILES string of the molecule is CC(=O)NCC(=O)Nc1ccc(C)c(Br)c1. The van der Waals surface area contributed by atoms with Crippen LogP contribution in [0.3, 0.4) is 0 Å². The number of hydrogen-bond donors (Lipinski definition) is 2. The standard InChI is InChI=1S/C11H13BrN2O2/c1-7-3-4-9(5-10(7)12)14-11(16)6-13-8(2)15/h3-5H,6H2,1-2H3,(H,13,15)(H,14,16). The molecule has 2 N–H and O–H groups in total. The van der Waals surface area contributed by atoms with Crippen LogP contribution in [0.25, 0.3) is 0 Å². The largest absolute Gasteiger partial charge is 0.347 e. The van der Waals surface area contributed by atoms with E-state index in [9.17, 15) is 9.59 Å². The lowest BCUT2D eigenvalue weighted by Crippen LogP contribution is -2.31. The first-order valence-corrected chi connectivity index (χ1v) is 5.59. The molecule has 0 radical (unpaired) electrons. The molecule has 1 aromatic carbocycles. The second kappa shape index (κ2) is 5.65. The van der Waals surface area contributed by atoms with E-state index in [1.54, 1.807) is 0 Å². The average Bonchev–Trinajstić information content (AvgIpc) is 2.21. The van der Waals surface area contributed by atoms with Gasteiger partial charge in [0.25, 0.3) is 0 Å². The number of carbonyl (C=O) groups is 2. The minimum Gasteiger partial charge on any atom is -0.347 e. The van der Waals surface area contributed by atoms with Crippen molar-refractivity contribution in [3.05, 3.63) is 28.2 Å². The summed E-state index contributed by atoms with van der Waals surface area (Å²) in [5.74, 6) is -0.466. The molecule has 1 rings (SSSR count). The zero-order valence-corrected chi connectivity index (χ0v) is 10.7. The number of benzene rings is 1. The summed E-state index contributed by atoms with van der Waals surface area (Å²) in [6.45, 7) is 3.32. The van der Waals surface area contributed by atoms with Crippen LogP contribution in [0.5, 0.6) is 0 Å². The molecule has 0 aromatic heterocycles. The first kappa shape index (κ1) is 12.7. The number of carbonyl (C=O) groups excluding carboxylic acids is 2. The molecule has 0 saturated heterocycles. The summed E-state index contributed by atoms with van der Waals surface area (Å²) >= 11 is 3.38. The molecule has 16 heavy (non-hydrogen) atoms. The van der Waals surface area contributed by atoms with Gasteiger partial charge in [-0.15, -0.1) is 0 Å². The van der Waals surface area contributed by atoms with E-state index >= 15 is 0 Å². The summed E-state index contributed by atoms with van der Waals surface area (Å²) < 4.78 is 0.935. The normalized spacial score (nSPS) is 9.69. The van der Waals surface area contributed by atoms with Gasteiger partial charge < -0.3 is 10.6 Å². The Bertz CT molecular complexity index is 418. The highest BCUT2D eigenvalue weighted by atomic mass is 79.9. The van der Waals surface area contributed by atoms with Crippen molar-refractivity contribution in [3.63, 3.8) is 0 Å². The topological polar surface area (TPSA) is 58.2 Å². The predicted molar refractivity (Wildman–Crippen MR) is 66.2 cm³/mol. The smallest absolute Gasteiger partial charge is 0.243 e. The molecule has 0 unspecified atom stereocenters. The van der Waals surface area contributed by atoms with Crippen LogP contribution in [-0.2, 0) is 9.59 Å². The molecule has 5 heteroatoms. The minimum absolute atomic E-state index is 0.0131. The van der Waals surface area contributed by atoms with Gasteiger partial charge in [0.2, 0.25) is 11.8 Å². The molecule has 0 saturated carbocycles. The number of amides is 2. The van der Waals surface area contributed by atoms with Crippen LogP contribution < -0.4 is 10.6 Å². The van der Waals surface area contributed by atoms with Crippen LogP contribution in [0.1, 0.15) is 12.5 Å². The molecule has 0 spiro atoms. The monoisotopic (exact) mass is 284 g/mol. The van der Waals surface area contributed by atoms with Gasteiger partial charge in [-0.3, -0.25) is 9.59 Å². The summed E-state index contributed by atoms with van der Waals surface area (Å²) in [6.07, 6.45) is 0. The molecule has 4 nitrogen and oxygen atoms in total. The summed E-state index contributed by atoms with van der Waals surface area (Å²) in [6, 6.07) is 5.53. The highest BCUT2D eigenvalue weighted by Crippen LogP contribution is 2.20. The quantitative estimate of drug-likeness (QED) is 0.890. The lowest BCUT2D eigenvalue weighted by atomic mass is 10.2. The van der Waals surface area contributed by atoms with Crippen LogP contribution in [0, 0.1) is 6.92 Å². The molecule has 0 heterocycles. The van der Waals surface area contributed by atoms with E-state index in [-0.39, 0.29) is 18.4 Å². The van der Waals surface area contributed by atoms with Crippen LogP contribution in [0.15, 0.2) is 22.7 Å². The number of rotatable bonds is 3. The van der Waals surface area contributed by atoms with E-state index in [0.29, 0.717) is 5.69 Å². The number of nitrogens with one attached hydrogen (secondary N) is 2. The highest BCUT2D eigenvalue weighted by molar-refractivity contribution is 9.10. The van der Waals surface area contributed by atoms with E-state index in [1.807, 2.05) is 25.1 Å². The average molecular weight is 285 g/mol. The van der Waals surface area contributed by atoms with Crippen molar-refractivity contribution in [2.24, 2.45) is 0 Å². The van der Waals surface area contributed by atoms with Crippen LogP contribution in [-0.4, -0.2) is 18.4 Å². The van der Waals surface area contributed by atoms with Gasteiger partial charge in [0.05, 0.1) is 6.54 Å². The fourth-order valence-corrected chi connectivity index (χ4v) is 1.46. The van der Waals surface area contributed by atoms with Crippen molar-refractivity contribution in [2.45, 2.75) is 13.8 Å². The fraction of sp³-hybridized carbons (Fsp3) is 0.273. The summed E-state index contributed by atoms with van der Waals surface area (Å²) in [5.41, 5.74) is 1.80. The van der Waals surface area contributed by atoms with E-state index in [0.717, 1.165) is 10.0 Å². The van der Waals surface area contributed by atoms with Crippen molar-refractivity contribution >= 4 is 33.4 Å². The second-order valence-corrected chi connectivity index (χ2v) is 4.28. The maximum atomic E-state index is 11.4. The summed E-state index contributed by atoms with van der Waals surface area (Å²) in [4.78, 5) is 22.0. The van der Waals surface area contributed by atoms with Gasteiger partial charge in [0, 0.05) is 17.1 Å². The minimum atomic E-state index is -0.244. The van der Waals surface area contributed by atoms with Gasteiger partial charge in [0.15, 0.2) is 0 Å². The number of hydrogen-bond acceptors (Lipinski definition) is 2.